The van der Waals surface area contributed by atoms with Gasteiger partial charge >= 0.3 is 18.2 Å². The number of nitrogens with two attached hydrogens (primary N) is 1. The number of aliphatic hydroxyl groups is 1. The number of carbonyl (C=O) groups excluding carboxylic acids is 11. The van der Waals surface area contributed by atoms with E-state index in [1.165, 1.54) is 63.6 Å². The third kappa shape index (κ3) is 16.3. The number of ketones is 3. The number of imide groups is 1. The van der Waals surface area contributed by atoms with Crippen molar-refractivity contribution < 1.29 is 106 Å². The Labute approximate surface area is 580 Å². The molecule has 6 aliphatic rings. The Morgan fingerprint density at radius 1 is 0.802 bits per heavy atom. The smallest absolute Gasteiger partial charge is 0.409 e. The third-order valence-corrected chi connectivity index (χ3v) is 18.7. The average molecular weight is 1400 g/mol. The van der Waals surface area contributed by atoms with Crippen LogP contribution in [0.4, 0.5) is 25.8 Å². The summed E-state index contributed by atoms with van der Waals surface area (Å²) in [5.41, 5.74) is 3.07. The zero-order valence-electron chi connectivity index (χ0n) is 56.9. The molecule has 3 saturated heterocycles. The highest BCUT2D eigenvalue weighted by Gasteiger charge is 2.56. The van der Waals surface area contributed by atoms with Crippen LogP contribution in [-0.4, -0.2) is 218 Å². The number of aryl methyl sites for hydroxylation is 1. The van der Waals surface area contributed by atoms with Gasteiger partial charge in [-0.2, -0.15) is 0 Å². The van der Waals surface area contributed by atoms with Gasteiger partial charge in [-0.25, -0.2) is 19.3 Å². The van der Waals surface area contributed by atoms with Gasteiger partial charge in [0.1, 0.15) is 47.6 Å². The maximum atomic E-state index is 14.4. The molecule has 4 heterocycles. The molecule has 2 aliphatic carbocycles. The molecule has 6 unspecified atom stereocenters. The summed E-state index contributed by atoms with van der Waals surface area (Å²) in [6.45, 7) is 4.75. The fourth-order valence-corrected chi connectivity index (χ4v) is 13.3. The molecule has 101 heavy (non-hydrogen) atoms. The van der Waals surface area contributed by atoms with Gasteiger partial charge in [0.2, 0.25) is 29.3 Å². The molecular formula is C70H83N9O22. The number of phenols is 2. The van der Waals surface area contributed by atoms with Gasteiger partial charge in [-0.05, 0) is 80.0 Å². The van der Waals surface area contributed by atoms with Crippen LogP contribution >= 0.6 is 0 Å². The third-order valence-electron chi connectivity index (χ3n) is 18.7. The van der Waals surface area contributed by atoms with E-state index in [9.17, 15) is 68.1 Å². The number of morpholine rings is 1. The number of nitrogens with one attached hydrogen (secondary N) is 4. The lowest BCUT2D eigenvalue weighted by Crippen LogP contribution is -2.55. The highest BCUT2D eigenvalue weighted by atomic mass is 16.7. The second-order valence-electron chi connectivity index (χ2n) is 25.9. The molecule has 31 heteroatoms. The van der Waals surface area contributed by atoms with Crippen LogP contribution in [0.1, 0.15) is 119 Å². The van der Waals surface area contributed by atoms with Crippen LogP contribution in [0.15, 0.2) is 78.9 Å². The molecule has 31 nitrogen and oxygen atoms in total. The van der Waals surface area contributed by atoms with Crippen molar-refractivity contribution in [3.05, 3.63) is 123 Å². The van der Waals surface area contributed by atoms with E-state index in [2.05, 4.69) is 26.2 Å². The minimum Gasteiger partial charge on any atom is -0.507 e. The predicted octanol–water partition coefficient (Wildman–Crippen LogP) is 3.52. The molecule has 0 bridgehead atoms. The number of urea groups is 1. The number of hydrogen-bond acceptors (Lipinski definition) is 23. The molecule has 9 N–H and O–H groups in total. The molecule has 4 aromatic carbocycles. The van der Waals surface area contributed by atoms with Gasteiger partial charge < -0.3 is 90.0 Å². The van der Waals surface area contributed by atoms with E-state index < -0.39 is 168 Å². The van der Waals surface area contributed by atoms with Crippen molar-refractivity contribution in [2.45, 2.75) is 140 Å². The number of likely N-dealkylation sites (N-methyl/N-ethyl adjacent to an activating group) is 2. The number of methoxy groups -OCH3 is 2. The second kappa shape index (κ2) is 31.8. The first-order valence-electron chi connectivity index (χ1n) is 33.1. The highest BCUT2D eigenvalue weighted by molar-refractivity contribution is 6.31. The van der Waals surface area contributed by atoms with E-state index in [0.717, 1.165) is 15.4 Å². The maximum absolute atomic E-state index is 14.4. The number of amides is 9. The number of benzene rings is 4. The van der Waals surface area contributed by atoms with Gasteiger partial charge in [0.15, 0.2) is 31.2 Å². The molecule has 540 valence electrons. The second-order valence-corrected chi connectivity index (χ2v) is 25.9. The van der Waals surface area contributed by atoms with Crippen LogP contribution in [-0.2, 0) is 81.4 Å². The molecule has 9 amide bonds. The number of phenolic OH excluding ortho intramolecular Hbond substituents is 2. The summed E-state index contributed by atoms with van der Waals surface area (Å²) < 4.78 is 47.0. The van der Waals surface area contributed by atoms with Crippen LogP contribution in [0.3, 0.4) is 0 Å². The van der Waals surface area contributed by atoms with E-state index in [1.807, 2.05) is 0 Å². The van der Waals surface area contributed by atoms with E-state index in [-0.39, 0.29) is 86.0 Å². The zero-order chi connectivity index (χ0) is 72.7. The van der Waals surface area contributed by atoms with Crippen LogP contribution in [0.5, 0.6) is 17.2 Å². The molecule has 3 fully saturated rings. The van der Waals surface area contributed by atoms with Crippen molar-refractivity contribution in [3.8, 4) is 17.2 Å². The standard InChI is InChI=1S/C70H83N9O22/c1-36(2)57(75-49(81)15-8-11-38-18-22-41(23-19-38)79-50(82)24-25-51(79)83)64(89)74-44(13-10-26-72-67(71)90)63(88)73-40-20-16-39(17-21-40)34-97-68(91)76(4)27-28-77(5)69(92)98-35-48(80)70(93)32-43-54(61(87)56-55(59(43)85)58(84)42-12-9-14-46(94-6)53(42)60(56)86)47(33-70)100-52-31-45-62(37(3)99-52)101-65-66(95-7)96-30-29-78(45)65/h9,12,14,16-25,36-37,44-45,47,52,57,62,65-66,85,87,93H,8,10-11,13,15,26-35H2,1-7H3,(H,73,88)(H,74,89)(H,75,81)(H3,71,72,90)/t37?,44?,45-,47?,52?,57?,62-,65+,66?,70-/m0/s1. The molecule has 0 radical (unpaired) electrons. The fourth-order valence-electron chi connectivity index (χ4n) is 13.3. The molecule has 0 saturated carbocycles. The Bertz CT molecular complexity index is 3890. The number of Topliss-reactive ketones (excluding diaryl/α,β-unsaturated/α-hetero) is 1. The Hall–Kier alpha value is -9.89. The maximum Gasteiger partial charge on any atom is 0.409 e. The largest absolute Gasteiger partial charge is 0.507 e. The number of ether oxygens (including phenoxy) is 8. The number of hydrogen-bond donors (Lipinski definition) is 8. The van der Waals surface area contributed by atoms with E-state index >= 15 is 0 Å². The zero-order valence-corrected chi connectivity index (χ0v) is 56.9. The predicted molar refractivity (Wildman–Crippen MR) is 355 cm³/mol. The molecule has 4 aliphatic heterocycles. The Morgan fingerprint density at radius 2 is 1.48 bits per heavy atom. The Kier molecular flexibility index (Phi) is 23.2. The number of rotatable bonds is 27. The monoisotopic (exact) mass is 1400 g/mol. The summed E-state index contributed by atoms with van der Waals surface area (Å²) in [6.07, 6.45) is -4.16. The Balaban J connectivity index is 0.712. The van der Waals surface area contributed by atoms with Crippen molar-refractivity contribution in [3.63, 3.8) is 0 Å². The topological polar surface area (TPSA) is 409 Å². The number of carbonyl (C=O) groups is 11. The summed E-state index contributed by atoms with van der Waals surface area (Å²) in [5.74, 6) is -7.07. The van der Waals surface area contributed by atoms with E-state index in [1.54, 1.807) is 69.3 Å². The van der Waals surface area contributed by atoms with E-state index in [0.29, 0.717) is 42.9 Å². The van der Waals surface area contributed by atoms with Crippen LogP contribution < -0.4 is 36.6 Å². The SMILES string of the molecule is COc1cccc2c1C(=O)c1c(O)c3c(c(O)c1C2=O)C[C@@](O)(C(=O)COC(=O)N(C)CCN(C)C(=O)OCc1ccc(NC(=O)C(CCCNC(N)=O)NC(=O)C(NC(=O)CCCc2ccc(N4C(=O)C=CC4=O)cc2)C(C)C)cc1)CC3OC1C[C@H]2[C@@H](O[C@@H]3C(OC)OCCN32)C(C)O1. The minimum absolute atomic E-state index is 0.0435. The van der Waals surface area contributed by atoms with Crippen LogP contribution in [0.2, 0.25) is 0 Å². The molecule has 0 aromatic heterocycles. The van der Waals surface area contributed by atoms with Gasteiger partial charge in [0.05, 0.1) is 48.3 Å². The van der Waals surface area contributed by atoms with Gasteiger partial charge in [-0.3, -0.25) is 43.3 Å². The first-order chi connectivity index (χ1) is 48.2. The number of nitrogens with zero attached hydrogens (tertiary/aromatic N) is 4. The molecular weight excluding hydrogens is 1320 g/mol. The van der Waals surface area contributed by atoms with Gasteiger partial charge in [0, 0.05) is 114 Å². The molecule has 10 atom stereocenters. The van der Waals surface area contributed by atoms with Crippen LogP contribution in [0.25, 0.3) is 0 Å². The molecule has 0 spiro atoms. The summed E-state index contributed by atoms with van der Waals surface area (Å²) in [5, 5.41) is 47.5. The Morgan fingerprint density at radius 3 is 2.14 bits per heavy atom. The summed E-state index contributed by atoms with van der Waals surface area (Å²) in [4.78, 5) is 151. The minimum atomic E-state index is -2.49. The van der Waals surface area contributed by atoms with Gasteiger partial charge in [-0.1, -0.05) is 50.2 Å². The van der Waals surface area contributed by atoms with Crippen LogP contribution in [0, 0.1) is 5.92 Å². The lowest BCUT2D eigenvalue weighted by Gasteiger charge is -2.43. The van der Waals surface area contributed by atoms with Crippen molar-refractivity contribution in [2.24, 2.45) is 11.7 Å². The number of aromatic hydroxyl groups is 2. The summed E-state index contributed by atoms with van der Waals surface area (Å²) in [7, 11) is 5.57. The first-order valence-corrected chi connectivity index (χ1v) is 33.1. The lowest BCUT2D eigenvalue weighted by atomic mass is 9.72. The van der Waals surface area contributed by atoms with Crippen molar-refractivity contribution in [1.82, 2.24) is 30.7 Å². The number of anilines is 2. The average Bonchev–Trinajstić information content (AvgIpc) is 1.30. The quantitative estimate of drug-likeness (QED) is 0.0212. The van der Waals surface area contributed by atoms with Crippen molar-refractivity contribution in [2.75, 3.05) is 77.9 Å². The van der Waals surface area contributed by atoms with E-state index in [4.69, 9.17) is 43.6 Å². The fraction of sp³-hybridized carbons (Fsp3) is 0.471. The summed E-state index contributed by atoms with van der Waals surface area (Å²) >= 11 is 0. The normalized spacial score (nSPS) is 22.5. The first kappa shape index (κ1) is 73.8. The molecule has 10 rings (SSSR count). The van der Waals surface area contributed by atoms with Gasteiger partial charge in [0.25, 0.3) is 11.8 Å². The van der Waals surface area contributed by atoms with Gasteiger partial charge in [-0.15, -0.1) is 0 Å². The number of fused-ring (bicyclic) bond motifs is 6. The molecule has 4 aromatic rings. The lowest BCUT2D eigenvalue weighted by molar-refractivity contribution is -0.256. The number of primary amides is 1. The van der Waals surface area contributed by atoms with Crippen molar-refractivity contribution >= 4 is 76.5 Å². The van der Waals surface area contributed by atoms with Crippen molar-refractivity contribution in [1.29, 1.82) is 0 Å². The summed E-state index contributed by atoms with van der Waals surface area (Å²) in [6, 6.07) is 14.2. The highest BCUT2D eigenvalue weighted by Crippen LogP contribution is 2.53.